The lowest BCUT2D eigenvalue weighted by molar-refractivity contribution is -0.131. The average molecular weight is 286 g/mol. The summed E-state index contributed by atoms with van der Waals surface area (Å²) in [4.78, 5) is 10.6. The lowest BCUT2D eigenvalue weighted by Crippen LogP contribution is -2.11. The zero-order valence-corrected chi connectivity index (χ0v) is 12.8. The molecule has 3 heteroatoms. The van der Waals surface area contributed by atoms with Gasteiger partial charge < -0.3 is 9.84 Å². The van der Waals surface area contributed by atoms with E-state index in [9.17, 15) is 4.79 Å². The lowest BCUT2D eigenvalue weighted by Gasteiger charge is -2.25. The molecular formula is C18H22O3. The van der Waals surface area contributed by atoms with E-state index in [2.05, 4.69) is 32.1 Å². The fourth-order valence-electron chi connectivity index (χ4n) is 3.06. The number of ether oxygens (including phenoxy) is 1. The van der Waals surface area contributed by atoms with Crippen LogP contribution in [0.5, 0.6) is 0 Å². The zero-order chi connectivity index (χ0) is 15.4. The molecule has 1 N–H and O–H groups in total. The van der Waals surface area contributed by atoms with Gasteiger partial charge in [0, 0.05) is 12.0 Å². The van der Waals surface area contributed by atoms with Gasteiger partial charge in [-0.05, 0) is 55.4 Å². The molecule has 2 aliphatic carbocycles. The molecule has 0 aromatic carbocycles. The number of hydrogen-bond acceptors (Lipinski definition) is 2. The second-order valence-electron chi connectivity index (χ2n) is 5.61. The summed E-state index contributed by atoms with van der Waals surface area (Å²) in [6.45, 7) is 4.19. The molecule has 0 saturated heterocycles. The van der Waals surface area contributed by atoms with Gasteiger partial charge in [0.25, 0.3) is 0 Å². The third-order valence-corrected chi connectivity index (χ3v) is 3.96. The molecule has 2 aliphatic rings. The highest BCUT2D eigenvalue weighted by molar-refractivity contribution is 5.80. The fourth-order valence-corrected chi connectivity index (χ4v) is 3.06. The number of carboxylic acids is 1. The largest absolute Gasteiger partial charge is 0.497 e. The van der Waals surface area contributed by atoms with Gasteiger partial charge in [-0.25, -0.2) is 4.79 Å². The smallest absolute Gasteiger partial charge is 0.328 e. The van der Waals surface area contributed by atoms with Gasteiger partial charge >= 0.3 is 5.97 Å². The third-order valence-electron chi connectivity index (χ3n) is 3.96. The molecular weight excluding hydrogens is 264 g/mol. The normalized spacial score (nSPS) is 22.8. The molecule has 0 aromatic heterocycles. The molecule has 0 spiro atoms. The van der Waals surface area contributed by atoms with Gasteiger partial charge in [-0.3, -0.25) is 0 Å². The van der Waals surface area contributed by atoms with Gasteiger partial charge in [0.2, 0.25) is 0 Å². The van der Waals surface area contributed by atoms with Crippen molar-refractivity contribution in [1.29, 1.82) is 0 Å². The number of allylic oxidation sites excluding steroid dienone is 8. The number of carbonyl (C=O) groups is 1. The summed E-state index contributed by atoms with van der Waals surface area (Å²) in [5.41, 5.74) is 4.80. The first-order valence-electron chi connectivity index (χ1n) is 7.25. The van der Waals surface area contributed by atoms with Crippen molar-refractivity contribution in [2.24, 2.45) is 5.92 Å². The second-order valence-corrected chi connectivity index (χ2v) is 5.61. The van der Waals surface area contributed by atoms with E-state index in [1.165, 1.54) is 22.8 Å². The minimum absolute atomic E-state index is 0.359. The van der Waals surface area contributed by atoms with Crippen LogP contribution in [-0.4, -0.2) is 18.2 Å². The zero-order valence-electron chi connectivity index (χ0n) is 12.8. The average Bonchev–Trinajstić information content (AvgIpc) is 2.45. The Balaban J connectivity index is 2.19. The van der Waals surface area contributed by atoms with Crippen LogP contribution in [0.25, 0.3) is 0 Å². The maximum atomic E-state index is 10.6. The van der Waals surface area contributed by atoms with Crippen molar-refractivity contribution in [2.45, 2.75) is 33.1 Å². The topological polar surface area (TPSA) is 46.5 Å². The monoisotopic (exact) mass is 286 g/mol. The predicted octanol–water partition coefficient (Wildman–Crippen LogP) is 4.16. The number of hydrogen-bond donors (Lipinski definition) is 1. The third kappa shape index (κ3) is 3.75. The summed E-state index contributed by atoms with van der Waals surface area (Å²) in [6.07, 6.45) is 12.4. The lowest BCUT2D eigenvalue weighted by atomic mass is 9.82. The number of carboxylic acid groups (broad SMARTS) is 1. The Labute approximate surface area is 126 Å². The van der Waals surface area contributed by atoms with E-state index in [1.807, 2.05) is 0 Å². The van der Waals surface area contributed by atoms with Crippen molar-refractivity contribution in [3.8, 4) is 0 Å². The van der Waals surface area contributed by atoms with Gasteiger partial charge in [-0.1, -0.05) is 24.3 Å². The van der Waals surface area contributed by atoms with Crippen molar-refractivity contribution >= 4 is 5.97 Å². The van der Waals surface area contributed by atoms with E-state index >= 15 is 0 Å². The van der Waals surface area contributed by atoms with Gasteiger partial charge in [0.15, 0.2) is 0 Å². The van der Waals surface area contributed by atoms with Crippen molar-refractivity contribution in [2.75, 3.05) is 7.11 Å². The highest BCUT2D eigenvalue weighted by Crippen LogP contribution is 2.35. The summed E-state index contributed by atoms with van der Waals surface area (Å²) >= 11 is 0. The van der Waals surface area contributed by atoms with Crippen LogP contribution in [0.3, 0.4) is 0 Å². The molecule has 112 valence electrons. The summed E-state index contributed by atoms with van der Waals surface area (Å²) in [7, 11) is 1.71. The van der Waals surface area contributed by atoms with E-state index in [0.29, 0.717) is 5.92 Å². The molecule has 0 aliphatic heterocycles. The van der Waals surface area contributed by atoms with Crippen molar-refractivity contribution in [3.63, 3.8) is 0 Å². The Kier molecular flexibility index (Phi) is 4.84. The van der Waals surface area contributed by atoms with Crippen molar-refractivity contribution < 1.29 is 14.6 Å². The Morgan fingerprint density at radius 1 is 1.43 bits per heavy atom. The Morgan fingerprint density at radius 2 is 2.19 bits per heavy atom. The van der Waals surface area contributed by atoms with Crippen molar-refractivity contribution in [3.05, 3.63) is 58.4 Å². The highest BCUT2D eigenvalue weighted by atomic mass is 16.5. The van der Waals surface area contributed by atoms with Crippen LogP contribution in [0, 0.1) is 5.92 Å². The molecule has 0 heterocycles. The number of methoxy groups -OCH3 is 1. The summed E-state index contributed by atoms with van der Waals surface area (Å²) < 4.78 is 5.44. The van der Waals surface area contributed by atoms with E-state index in [0.717, 1.165) is 30.6 Å². The minimum atomic E-state index is -0.899. The summed E-state index contributed by atoms with van der Waals surface area (Å²) in [5.74, 6) is 0.457. The van der Waals surface area contributed by atoms with Gasteiger partial charge in [-0.15, -0.1) is 0 Å². The predicted molar refractivity (Wildman–Crippen MR) is 83.7 cm³/mol. The first-order valence-corrected chi connectivity index (χ1v) is 7.25. The van der Waals surface area contributed by atoms with E-state index in [1.54, 1.807) is 13.2 Å². The molecule has 0 bridgehead atoms. The molecule has 0 radical (unpaired) electrons. The Morgan fingerprint density at radius 3 is 2.81 bits per heavy atom. The van der Waals surface area contributed by atoms with Crippen LogP contribution in [0.1, 0.15) is 33.1 Å². The number of aliphatic carboxylic acids is 1. The molecule has 21 heavy (non-hydrogen) atoms. The maximum Gasteiger partial charge on any atom is 0.328 e. The van der Waals surface area contributed by atoms with Crippen LogP contribution < -0.4 is 0 Å². The standard InChI is InChI=1S/C18H22O3/c1-12-9-16(10-13(2)18(12)21-3)15-6-4-5-14(11-15)7-8-17(19)20/h6-9,11,16H,4-5,10H2,1-3H3,(H,19,20)/b8-7+. The first-order chi connectivity index (χ1) is 10.0. The Hall–Kier alpha value is -2.03. The highest BCUT2D eigenvalue weighted by Gasteiger charge is 2.21. The second kappa shape index (κ2) is 6.61. The SMILES string of the molecule is COC1=C(C)CC(C2=CCCC(/C=C/C(=O)O)=C2)C=C1C. The minimum Gasteiger partial charge on any atom is -0.497 e. The molecule has 2 rings (SSSR count). The molecule has 3 nitrogen and oxygen atoms in total. The van der Waals surface area contributed by atoms with Crippen LogP contribution in [-0.2, 0) is 9.53 Å². The molecule has 0 saturated carbocycles. The van der Waals surface area contributed by atoms with Crippen LogP contribution in [0.2, 0.25) is 0 Å². The van der Waals surface area contributed by atoms with E-state index in [4.69, 9.17) is 9.84 Å². The van der Waals surface area contributed by atoms with Gasteiger partial charge in [0.1, 0.15) is 5.76 Å². The quantitative estimate of drug-likeness (QED) is 0.789. The van der Waals surface area contributed by atoms with Gasteiger partial charge in [-0.2, -0.15) is 0 Å². The van der Waals surface area contributed by atoms with E-state index < -0.39 is 5.97 Å². The van der Waals surface area contributed by atoms with Crippen LogP contribution in [0.15, 0.2) is 58.4 Å². The number of rotatable bonds is 4. The molecule has 1 atom stereocenters. The first kappa shape index (κ1) is 15.4. The van der Waals surface area contributed by atoms with Crippen LogP contribution in [0.4, 0.5) is 0 Å². The summed E-state index contributed by atoms with van der Waals surface area (Å²) in [5, 5.41) is 8.73. The van der Waals surface area contributed by atoms with Gasteiger partial charge in [0.05, 0.1) is 7.11 Å². The molecule has 0 amide bonds. The Bertz CT molecular complexity index is 586. The molecule has 0 fully saturated rings. The maximum absolute atomic E-state index is 10.6. The molecule has 1 unspecified atom stereocenters. The fraction of sp³-hybridized carbons (Fsp3) is 0.389. The molecule has 0 aromatic rings. The summed E-state index contributed by atoms with van der Waals surface area (Å²) in [6, 6.07) is 0. The van der Waals surface area contributed by atoms with Crippen molar-refractivity contribution in [1.82, 2.24) is 0 Å². The van der Waals surface area contributed by atoms with Crippen LogP contribution >= 0.6 is 0 Å². The van der Waals surface area contributed by atoms with E-state index in [-0.39, 0.29) is 0 Å².